The number of hydrogen-bond acceptors (Lipinski definition) is 4. The predicted molar refractivity (Wildman–Crippen MR) is 124 cm³/mol. The Morgan fingerprint density at radius 3 is 2.72 bits per heavy atom. The second-order valence-corrected chi connectivity index (χ2v) is 7.29. The van der Waals surface area contributed by atoms with Crippen LogP contribution in [-0.4, -0.2) is 30.1 Å². The van der Waals surface area contributed by atoms with Crippen LogP contribution in [0.3, 0.4) is 0 Å². The first-order chi connectivity index (χ1) is 15.5. The molecule has 0 aliphatic carbocycles. The van der Waals surface area contributed by atoms with Crippen LogP contribution in [0.15, 0.2) is 54.8 Å². The molecule has 0 aromatic heterocycles. The minimum atomic E-state index is -0.451. The molecule has 32 heavy (non-hydrogen) atoms. The maximum Gasteiger partial charge on any atom is 0.329 e. The summed E-state index contributed by atoms with van der Waals surface area (Å²) in [6.45, 7) is 8.37. The molecular weight excluding hydrogens is 404 g/mol. The summed E-state index contributed by atoms with van der Waals surface area (Å²) >= 11 is 0. The average Bonchev–Trinajstić information content (AvgIpc) is 3.01. The van der Waals surface area contributed by atoms with E-state index < -0.39 is 6.03 Å². The van der Waals surface area contributed by atoms with E-state index in [0.29, 0.717) is 30.1 Å². The fourth-order valence-corrected chi connectivity index (χ4v) is 3.49. The van der Waals surface area contributed by atoms with Gasteiger partial charge in [-0.25, -0.2) is 4.79 Å². The van der Waals surface area contributed by atoms with Gasteiger partial charge in [-0.1, -0.05) is 41.8 Å². The number of carbonyl (C=O) groups excluding carboxylic acids is 2. The van der Waals surface area contributed by atoms with Gasteiger partial charge < -0.3 is 14.8 Å². The van der Waals surface area contributed by atoms with Crippen molar-refractivity contribution in [3.63, 3.8) is 0 Å². The van der Waals surface area contributed by atoms with E-state index >= 15 is 0 Å². The molecule has 1 heterocycles. The summed E-state index contributed by atoms with van der Waals surface area (Å²) in [6.07, 6.45) is 9.25. The summed E-state index contributed by atoms with van der Waals surface area (Å²) in [7, 11) is 0. The molecule has 0 spiro atoms. The smallest absolute Gasteiger partial charge is 0.329 e. The zero-order valence-corrected chi connectivity index (χ0v) is 18.3. The maximum atomic E-state index is 12.9. The third-order valence-corrected chi connectivity index (χ3v) is 4.81. The van der Waals surface area contributed by atoms with Crippen molar-refractivity contribution in [2.45, 2.75) is 26.8 Å². The molecule has 6 nitrogen and oxygen atoms in total. The van der Waals surface area contributed by atoms with E-state index in [9.17, 15) is 9.59 Å². The Hall–Kier alpha value is -3.98. The van der Waals surface area contributed by atoms with Crippen LogP contribution in [0.1, 0.15) is 29.2 Å². The number of nitrogens with zero attached hydrogens (tertiary/aromatic N) is 1. The number of hydrogen-bond donors (Lipinski definition) is 1. The molecule has 1 N–H and O–H groups in total. The van der Waals surface area contributed by atoms with Crippen molar-refractivity contribution in [2.24, 2.45) is 0 Å². The molecule has 1 aliphatic rings. The summed E-state index contributed by atoms with van der Waals surface area (Å²) in [4.78, 5) is 26.6. The van der Waals surface area contributed by atoms with Gasteiger partial charge in [-0.15, -0.1) is 13.0 Å². The van der Waals surface area contributed by atoms with E-state index in [0.717, 1.165) is 16.7 Å². The fourth-order valence-electron chi connectivity index (χ4n) is 3.49. The molecule has 6 heteroatoms. The van der Waals surface area contributed by atoms with Gasteiger partial charge in [0.05, 0.1) is 13.2 Å². The van der Waals surface area contributed by atoms with Gasteiger partial charge in [0, 0.05) is 5.56 Å². The van der Waals surface area contributed by atoms with Crippen molar-refractivity contribution in [1.82, 2.24) is 10.2 Å². The Kier molecular flexibility index (Phi) is 7.35. The Morgan fingerprint density at radius 2 is 2.03 bits per heavy atom. The monoisotopic (exact) mass is 430 g/mol. The normalized spacial score (nSPS) is 14.3. The number of benzene rings is 2. The second-order valence-electron chi connectivity index (χ2n) is 7.29. The number of rotatable bonds is 9. The summed E-state index contributed by atoms with van der Waals surface area (Å²) in [6, 6.07) is 10.9. The van der Waals surface area contributed by atoms with E-state index in [2.05, 4.69) is 17.8 Å². The molecule has 0 atom stereocenters. The Morgan fingerprint density at radius 1 is 1.22 bits per heavy atom. The molecular formula is C26H26N2O4. The zero-order valence-electron chi connectivity index (χ0n) is 18.3. The predicted octanol–water partition coefficient (Wildman–Crippen LogP) is 4.23. The van der Waals surface area contributed by atoms with Crippen LogP contribution in [0.25, 0.3) is 6.08 Å². The number of amides is 3. The SMILES string of the molecule is C#CCOc1c(CC=C)cc(/C=C2/NC(=O)N(Cc3cccc(C)c3)C2=O)cc1OCC. The van der Waals surface area contributed by atoms with Crippen molar-refractivity contribution in [3.05, 3.63) is 77.0 Å². The number of nitrogens with one attached hydrogen (secondary N) is 1. The van der Waals surface area contributed by atoms with Gasteiger partial charge in [-0.05, 0) is 49.6 Å². The van der Waals surface area contributed by atoms with Gasteiger partial charge in [0.15, 0.2) is 11.5 Å². The van der Waals surface area contributed by atoms with E-state index in [-0.39, 0.29) is 24.8 Å². The number of imide groups is 1. The van der Waals surface area contributed by atoms with Crippen molar-refractivity contribution >= 4 is 18.0 Å². The summed E-state index contributed by atoms with van der Waals surface area (Å²) in [5, 5.41) is 2.67. The Balaban J connectivity index is 1.92. The molecule has 0 bridgehead atoms. The Bertz CT molecular complexity index is 1110. The first kappa shape index (κ1) is 22.7. The number of carbonyl (C=O) groups is 2. The lowest BCUT2D eigenvalue weighted by Crippen LogP contribution is -2.30. The number of allylic oxidation sites excluding steroid dienone is 1. The van der Waals surface area contributed by atoms with Crippen molar-refractivity contribution < 1.29 is 19.1 Å². The van der Waals surface area contributed by atoms with Crippen LogP contribution in [0.2, 0.25) is 0 Å². The van der Waals surface area contributed by atoms with Crippen LogP contribution in [-0.2, 0) is 17.8 Å². The fraction of sp³-hybridized carbons (Fsp3) is 0.231. The van der Waals surface area contributed by atoms with E-state index in [1.54, 1.807) is 18.2 Å². The molecule has 0 unspecified atom stereocenters. The molecule has 0 saturated carbocycles. The van der Waals surface area contributed by atoms with Crippen LogP contribution in [0, 0.1) is 19.3 Å². The molecule has 3 amide bonds. The van der Waals surface area contributed by atoms with Gasteiger partial charge in [0.25, 0.3) is 5.91 Å². The summed E-state index contributed by atoms with van der Waals surface area (Å²) in [5.41, 5.74) is 3.67. The second kappa shape index (κ2) is 10.4. The zero-order chi connectivity index (χ0) is 23.1. The van der Waals surface area contributed by atoms with Gasteiger partial charge in [-0.3, -0.25) is 9.69 Å². The Labute approximate surface area is 188 Å². The van der Waals surface area contributed by atoms with Gasteiger partial charge in [0.1, 0.15) is 12.3 Å². The highest BCUT2D eigenvalue weighted by Crippen LogP contribution is 2.35. The topological polar surface area (TPSA) is 67.9 Å². The molecule has 1 aliphatic heterocycles. The van der Waals surface area contributed by atoms with Crippen LogP contribution < -0.4 is 14.8 Å². The van der Waals surface area contributed by atoms with Crippen molar-refractivity contribution in [2.75, 3.05) is 13.2 Å². The quantitative estimate of drug-likeness (QED) is 0.280. The number of ether oxygens (including phenoxy) is 2. The maximum absolute atomic E-state index is 12.9. The first-order valence-corrected chi connectivity index (χ1v) is 10.3. The third kappa shape index (κ3) is 5.19. The molecule has 0 radical (unpaired) electrons. The minimum Gasteiger partial charge on any atom is -0.490 e. The highest BCUT2D eigenvalue weighted by atomic mass is 16.5. The summed E-state index contributed by atoms with van der Waals surface area (Å²) in [5.74, 6) is 3.14. The van der Waals surface area contributed by atoms with Gasteiger partial charge in [0.2, 0.25) is 0 Å². The van der Waals surface area contributed by atoms with Gasteiger partial charge in [-0.2, -0.15) is 0 Å². The van der Waals surface area contributed by atoms with E-state index in [1.165, 1.54) is 4.90 Å². The molecule has 1 fully saturated rings. The molecule has 164 valence electrons. The van der Waals surface area contributed by atoms with E-state index in [4.69, 9.17) is 15.9 Å². The molecule has 3 rings (SSSR count). The lowest BCUT2D eigenvalue weighted by atomic mass is 10.0. The highest BCUT2D eigenvalue weighted by molar-refractivity contribution is 6.13. The number of terminal acetylenes is 1. The minimum absolute atomic E-state index is 0.104. The highest BCUT2D eigenvalue weighted by Gasteiger charge is 2.33. The molecule has 2 aromatic rings. The van der Waals surface area contributed by atoms with Crippen LogP contribution in [0.5, 0.6) is 11.5 Å². The van der Waals surface area contributed by atoms with Crippen molar-refractivity contribution in [1.29, 1.82) is 0 Å². The van der Waals surface area contributed by atoms with Crippen LogP contribution >= 0.6 is 0 Å². The number of urea groups is 1. The average molecular weight is 431 g/mol. The first-order valence-electron chi connectivity index (χ1n) is 10.3. The molecule has 1 saturated heterocycles. The van der Waals surface area contributed by atoms with Gasteiger partial charge >= 0.3 is 6.03 Å². The standard InChI is InChI=1S/C26H26N2O4/c1-5-9-21-14-20(16-23(31-7-3)24(21)32-12-6-2)15-22-25(29)28(26(30)27-22)17-19-11-8-10-18(4)13-19/h2,5,8,10-11,13-16H,1,7,9,12,17H2,3-4H3,(H,27,30)/b22-15+. The third-order valence-electron chi connectivity index (χ3n) is 4.81. The van der Waals surface area contributed by atoms with E-state index in [1.807, 2.05) is 44.2 Å². The lowest BCUT2D eigenvalue weighted by Gasteiger charge is -2.15. The summed E-state index contributed by atoms with van der Waals surface area (Å²) < 4.78 is 11.4. The largest absolute Gasteiger partial charge is 0.490 e. The lowest BCUT2D eigenvalue weighted by molar-refractivity contribution is -0.123. The van der Waals surface area contributed by atoms with Crippen molar-refractivity contribution in [3.8, 4) is 23.8 Å². The van der Waals surface area contributed by atoms with Crippen LogP contribution in [0.4, 0.5) is 4.79 Å². The number of aryl methyl sites for hydroxylation is 1. The molecule has 2 aromatic carbocycles.